The predicted molar refractivity (Wildman–Crippen MR) is 127 cm³/mol. The number of methoxy groups -OCH3 is 1. The zero-order chi connectivity index (χ0) is 23.3. The maximum atomic E-state index is 13.1. The van der Waals surface area contributed by atoms with E-state index < -0.39 is 10.0 Å². The van der Waals surface area contributed by atoms with Crippen molar-refractivity contribution >= 4 is 27.3 Å². The van der Waals surface area contributed by atoms with Crippen molar-refractivity contribution in [2.45, 2.75) is 18.7 Å². The van der Waals surface area contributed by atoms with E-state index in [1.54, 1.807) is 19.9 Å². The SMILES string of the molecule is CCN(CC)S(=O)(=O)c1cc(C(=O)Nc2ccccc2N2CCN(C)CC2)ccc1OC. The van der Waals surface area contributed by atoms with Gasteiger partial charge in [-0.3, -0.25) is 4.79 Å². The number of benzene rings is 2. The van der Waals surface area contributed by atoms with Crippen LogP contribution in [0.5, 0.6) is 5.75 Å². The third-order valence-corrected chi connectivity index (χ3v) is 7.82. The number of likely N-dealkylation sites (N-methyl/N-ethyl adjacent to an activating group) is 1. The van der Waals surface area contributed by atoms with Crippen molar-refractivity contribution < 1.29 is 17.9 Å². The second-order valence-electron chi connectivity index (χ2n) is 7.72. The lowest BCUT2D eigenvalue weighted by Gasteiger charge is -2.35. The molecule has 3 rings (SSSR count). The summed E-state index contributed by atoms with van der Waals surface area (Å²) in [5.74, 6) is -0.156. The molecule has 0 radical (unpaired) electrons. The maximum Gasteiger partial charge on any atom is 0.255 e. The van der Waals surface area contributed by atoms with E-state index in [1.807, 2.05) is 24.3 Å². The standard InChI is InChI=1S/C23H32N4O4S/c1-5-27(6-2)32(29,30)22-17-18(11-12-21(22)31-4)23(28)24-19-9-7-8-10-20(19)26-15-13-25(3)14-16-26/h7-12,17H,5-6,13-16H2,1-4H3,(H,24,28). The number of para-hydroxylation sites is 2. The van der Waals surface area contributed by atoms with Crippen LogP contribution in [0.3, 0.4) is 0 Å². The Morgan fingerprint density at radius 2 is 1.72 bits per heavy atom. The Morgan fingerprint density at radius 3 is 2.34 bits per heavy atom. The fraction of sp³-hybridized carbons (Fsp3) is 0.435. The Balaban J connectivity index is 1.90. The van der Waals surface area contributed by atoms with Gasteiger partial charge < -0.3 is 19.9 Å². The largest absolute Gasteiger partial charge is 0.495 e. The molecule has 1 N–H and O–H groups in total. The zero-order valence-corrected chi connectivity index (χ0v) is 20.0. The molecule has 0 aromatic heterocycles. The summed E-state index contributed by atoms with van der Waals surface area (Å²) >= 11 is 0. The van der Waals surface area contributed by atoms with E-state index in [0.717, 1.165) is 31.9 Å². The van der Waals surface area contributed by atoms with Crippen LogP contribution >= 0.6 is 0 Å². The van der Waals surface area contributed by atoms with E-state index in [9.17, 15) is 13.2 Å². The lowest BCUT2D eigenvalue weighted by Crippen LogP contribution is -2.44. The topological polar surface area (TPSA) is 82.2 Å². The summed E-state index contributed by atoms with van der Waals surface area (Å²) in [4.78, 5) is 17.6. The summed E-state index contributed by atoms with van der Waals surface area (Å²) in [5.41, 5.74) is 1.91. The molecule has 1 saturated heterocycles. The normalized spacial score (nSPS) is 15.1. The predicted octanol–water partition coefficient (Wildman–Crippen LogP) is 2.73. The second-order valence-corrected chi connectivity index (χ2v) is 9.62. The Bertz CT molecular complexity index is 1050. The molecule has 1 aliphatic heterocycles. The number of ether oxygens (including phenoxy) is 1. The van der Waals surface area contributed by atoms with Crippen molar-refractivity contribution in [2.75, 3.05) is 63.6 Å². The smallest absolute Gasteiger partial charge is 0.255 e. The van der Waals surface area contributed by atoms with Crippen molar-refractivity contribution in [3.8, 4) is 5.75 Å². The van der Waals surface area contributed by atoms with Crippen LogP contribution in [0.2, 0.25) is 0 Å². The molecule has 0 atom stereocenters. The van der Waals surface area contributed by atoms with Crippen LogP contribution in [0.1, 0.15) is 24.2 Å². The van der Waals surface area contributed by atoms with Crippen molar-refractivity contribution in [2.24, 2.45) is 0 Å². The fourth-order valence-electron chi connectivity index (χ4n) is 3.82. The van der Waals surface area contributed by atoms with Crippen LogP contribution in [-0.4, -0.2) is 77.0 Å². The Morgan fingerprint density at radius 1 is 1.06 bits per heavy atom. The van der Waals surface area contributed by atoms with E-state index in [2.05, 4.69) is 22.2 Å². The summed E-state index contributed by atoms with van der Waals surface area (Å²) < 4.78 is 32.8. The number of nitrogens with zero attached hydrogens (tertiary/aromatic N) is 3. The average Bonchev–Trinajstić information content (AvgIpc) is 2.80. The first kappa shape index (κ1) is 24.0. The molecule has 0 spiro atoms. The molecule has 32 heavy (non-hydrogen) atoms. The van der Waals surface area contributed by atoms with Crippen molar-refractivity contribution in [1.29, 1.82) is 0 Å². The number of hydrogen-bond acceptors (Lipinski definition) is 6. The molecule has 0 saturated carbocycles. The highest BCUT2D eigenvalue weighted by Gasteiger charge is 2.27. The molecule has 0 bridgehead atoms. The van der Waals surface area contributed by atoms with E-state index in [-0.39, 0.29) is 22.1 Å². The first-order chi connectivity index (χ1) is 15.3. The van der Waals surface area contributed by atoms with Crippen LogP contribution in [0, 0.1) is 0 Å². The van der Waals surface area contributed by atoms with Crippen molar-refractivity contribution in [3.05, 3.63) is 48.0 Å². The van der Waals surface area contributed by atoms with Gasteiger partial charge in [-0.05, 0) is 37.4 Å². The molecule has 1 fully saturated rings. The number of piperazine rings is 1. The van der Waals surface area contributed by atoms with Crippen LogP contribution < -0.4 is 15.0 Å². The molecule has 0 unspecified atom stereocenters. The van der Waals surface area contributed by atoms with Crippen molar-refractivity contribution in [1.82, 2.24) is 9.21 Å². The van der Waals surface area contributed by atoms with Gasteiger partial charge in [-0.25, -0.2) is 8.42 Å². The van der Waals surface area contributed by atoms with Gasteiger partial charge in [-0.1, -0.05) is 26.0 Å². The minimum absolute atomic E-state index is 0.0105. The van der Waals surface area contributed by atoms with Crippen molar-refractivity contribution in [3.63, 3.8) is 0 Å². The number of nitrogens with one attached hydrogen (secondary N) is 1. The first-order valence-electron chi connectivity index (χ1n) is 10.8. The third kappa shape index (κ3) is 5.06. The van der Waals surface area contributed by atoms with Crippen LogP contribution in [0.4, 0.5) is 11.4 Å². The molecule has 2 aromatic carbocycles. The quantitative estimate of drug-likeness (QED) is 0.652. The lowest BCUT2D eigenvalue weighted by atomic mass is 10.1. The number of amides is 1. The number of anilines is 2. The highest BCUT2D eigenvalue weighted by molar-refractivity contribution is 7.89. The molecule has 1 heterocycles. The van der Waals surface area contributed by atoms with Gasteiger partial charge in [-0.2, -0.15) is 4.31 Å². The number of hydrogen-bond donors (Lipinski definition) is 1. The van der Waals surface area contributed by atoms with Gasteiger partial charge in [0.05, 0.1) is 18.5 Å². The summed E-state index contributed by atoms with van der Waals surface area (Å²) in [6.07, 6.45) is 0. The fourth-order valence-corrected chi connectivity index (χ4v) is 5.46. The minimum atomic E-state index is -3.79. The van der Waals surface area contributed by atoms with E-state index in [1.165, 1.54) is 23.5 Å². The first-order valence-corrected chi connectivity index (χ1v) is 12.3. The molecule has 8 nitrogen and oxygen atoms in total. The van der Waals surface area contributed by atoms with Crippen LogP contribution in [0.25, 0.3) is 0 Å². The molecular weight excluding hydrogens is 428 g/mol. The molecular formula is C23H32N4O4S. The minimum Gasteiger partial charge on any atom is -0.495 e. The summed E-state index contributed by atoms with van der Waals surface area (Å²) in [5, 5.41) is 2.97. The van der Waals surface area contributed by atoms with Gasteiger partial charge in [0.1, 0.15) is 10.6 Å². The molecule has 174 valence electrons. The van der Waals surface area contributed by atoms with Crippen LogP contribution in [0.15, 0.2) is 47.4 Å². The molecule has 9 heteroatoms. The van der Waals surface area contributed by atoms with E-state index >= 15 is 0 Å². The monoisotopic (exact) mass is 460 g/mol. The molecule has 1 aliphatic rings. The van der Waals surface area contributed by atoms with Gasteiger partial charge >= 0.3 is 0 Å². The highest BCUT2D eigenvalue weighted by Crippen LogP contribution is 2.30. The van der Waals surface area contributed by atoms with Gasteiger partial charge in [0.15, 0.2) is 0 Å². The van der Waals surface area contributed by atoms with E-state index in [4.69, 9.17) is 4.74 Å². The van der Waals surface area contributed by atoms with Gasteiger partial charge in [0.25, 0.3) is 5.91 Å². The number of carbonyl (C=O) groups is 1. The Labute approximate surface area is 190 Å². The summed E-state index contributed by atoms with van der Waals surface area (Å²) in [6.45, 7) is 7.86. The van der Waals surface area contributed by atoms with Crippen LogP contribution in [-0.2, 0) is 10.0 Å². The molecule has 0 aliphatic carbocycles. The lowest BCUT2D eigenvalue weighted by molar-refractivity contribution is 0.102. The van der Waals surface area contributed by atoms with Gasteiger partial charge in [0.2, 0.25) is 10.0 Å². The average molecular weight is 461 g/mol. The maximum absolute atomic E-state index is 13.1. The third-order valence-electron chi connectivity index (χ3n) is 5.75. The van der Waals surface area contributed by atoms with E-state index in [0.29, 0.717) is 18.8 Å². The number of carbonyl (C=O) groups excluding carboxylic acids is 1. The Hall–Kier alpha value is -2.62. The van der Waals surface area contributed by atoms with Gasteiger partial charge in [-0.15, -0.1) is 0 Å². The Kier molecular flexibility index (Phi) is 7.76. The number of rotatable bonds is 8. The summed E-state index contributed by atoms with van der Waals surface area (Å²) in [6, 6.07) is 12.2. The number of sulfonamides is 1. The van der Waals surface area contributed by atoms with Gasteiger partial charge in [0, 0.05) is 44.8 Å². The highest BCUT2D eigenvalue weighted by atomic mass is 32.2. The zero-order valence-electron chi connectivity index (χ0n) is 19.2. The summed E-state index contributed by atoms with van der Waals surface area (Å²) in [7, 11) is -0.273. The second kappa shape index (κ2) is 10.3. The molecule has 1 amide bonds. The molecule has 2 aromatic rings.